The van der Waals surface area contributed by atoms with Crippen molar-refractivity contribution >= 4 is 34.2 Å². The van der Waals surface area contributed by atoms with Crippen LogP contribution in [0.2, 0.25) is 0 Å². The number of amides is 2. The molecule has 1 fully saturated rings. The molecule has 2 amide bonds. The predicted octanol–water partition coefficient (Wildman–Crippen LogP) is 3.88. The molecule has 1 saturated heterocycles. The van der Waals surface area contributed by atoms with Gasteiger partial charge < -0.3 is 15.0 Å². The van der Waals surface area contributed by atoms with Gasteiger partial charge in [-0.3, -0.25) is 14.5 Å². The van der Waals surface area contributed by atoms with E-state index in [-0.39, 0.29) is 24.5 Å². The van der Waals surface area contributed by atoms with Gasteiger partial charge in [0.25, 0.3) is 0 Å². The molecule has 0 bridgehead atoms. The van der Waals surface area contributed by atoms with E-state index in [2.05, 4.69) is 15.6 Å². The highest BCUT2D eigenvalue weighted by molar-refractivity contribution is 6.02. The third-order valence-corrected chi connectivity index (χ3v) is 7.11. The van der Waals surface area contributed by atoms with Gasteiger partial charge in [-0.2, -0.15) is 0 Å². The maximum atomic E-state index is 14.2. The maximum absolute atomic E-state index is 14.2. The SMILES string of the molecule is Cc1ccccc1N(C(=O)Cn1nnc2ccccc21)[C@@H](C(=O)NC[C@H]1CCCO1)c1ccc(N(C)C)cc1. The van der Waals surface area contributed by atoms with E-state index in [4.69, 9.17) is 4.74 Å². The number of carbonyl (C=O) groups excluding carboxylic acids is 2. The van der Waals surface area contributed by atoms with Gasteiger partial charge in [-0.15, -0.1) is 5.10 Å². The lowest BCUT2D eigenvalue weighted by Crippen LogP contribution is -2.47. The molecule has 1 aliphatic heterocycles. The number of aromatic nitrogens is 3. The molecular formula is C30H34N6O3. The lowest BCUT2D eigenvalue weighted by atomic mass is 10.0. The molecule has 9 heteroatoms. The zero-order chi connectivity index (χ0) is 27.4. The van der Waals surface area contributed by atoms with Crippen LogP contribution in [0.15, 0.2) is 72.8 Å². The molecule has 5 rings (SSSR count). The minimum Gasteiger partial charge on any atom is -0.378 e. The Morgan fingerprint density at radius 2 is 1.79 bits per heavy atom. The second kappa shape index (κ2) is 11.7. The van der Waals surface area contributed by atoms with Gasteiger partial charge in [-0.05, 0) is 61.2 Å². The van der Waals surface area contributed by atoms with Gasteiger partial charge in [0.1, 0.15) is 18.1 Å². The molecule has 1 aromatic heterocycles. The van der Waals surface area contributed by atoms with Crippen LogP contribution in [0.3, 0.4) is 0 Å². The van der Waals surface area contributed by atoms with Crippen LogP contribution in [0, 0.1) is 6.92 Å². The van der Waals surface area contributed by atoms with Crippen LogP contribution in [0.1, 0.15) is 30.0 Å². The number of hydrogen-bond acceptors (Lipinski definition) is 6. The minimum absolute atomic E-state index is 0.0187. The van der Waals surface area contributed by atoms with E-state index in [0.29, 0.717) is 29.9 Å². The van der Waals surface area contributed by atoms with Crippen LogP contribution in [0.5, 0.6) is 0 Å². The summed E-state index contributed by atoms with van der Waals surface area (Å²) in [5, 5.41) is 11.5. The Kier molecular flexibility index (Phi) is 7.88. The summed E-state index contributed by atoms with van der Waals surface area (Å²) in [5.74, 6) is -0.530. The number of hydrogen-bond donors (Lipinski definition) is 1. The molecule has 0 radical (unpaired) electrons. The second-order valence-electron chi connectivity index (χ2n) is 10.1. The summed E-state index contributed by atoms with van der Waals surface area (Å²) in [7, 11) is 3.93. The first-order valence-electron chi connectivity index (χ1n) is 13.2. The fourth-order valence-corrected chi connectivity index (χ4v) is 4.98. The summed E-state index contributed by atoms with van der Waals surface area (Å²) >= 11 is 0. The third-order valence-electron chi connectivity index (χ3n) is 7.11. The average Bonchev–Trinajstić information content (AvgIpc) is 3.61. The Morgan fingerprint density at radius 3 is 2.51 bits per heavy atom. The Labute approximate surface area is 228 Å². The molecule has 0 aliphatic carbocycles. The van der Waals surface area contributed by atoms with Gasteiger partial charge in [0, 0.05) is 38.6 Å². The van der Waals surface area contributed by atoms with Crippen LogP contribution in [0.4, 0.5) is 11.4 Å². The largest absolute Gasteiger partial charge is 0.378 e. The first-order valence-corrected chi connectivity index (χ1v) is 13.2. The fraction of sp³-hybridized carbons (Fsp3) is 0.333. The molecule has 4 aromatic rings. The van der Waals surface area contributed by atoms with E-state index in [1.54, 1.807) is 9.58 Å². The molecule has 9 nitrogen and oxygen atoms in total. The summed E-state index contributed by atoms with van der Waals surface area (Å²) in [4.78, 5) is 31.7. The van der Waals surface area contributed by atoms with E-state index in [1.165, 1.54) is 0 Å². The van der Waals surface area contributed by atoms with Gasteiger partial charge in [0.2, 0.25) is 11.8 Å². The molecule has 0 unspecified atom stereocenters. The lowest BCUT2D eigenvalue weighted by molar-refractivity contribution is -0.127. The van der Waals surface area contributed by atoms with Crippen molar-refractivity contribution in [3.05, 3.63) is 83.9 Å². The Hall–Kier alpha value is -4.24. The molecule has 39 heavy (non-hydrogen) atoms. The number of nitrogens with one attached hydrogen (secondary N) is 1. The monoisotopic (exact) mass is 526 g/mol. The number of para-hydroxylation sites is 2. The maximum Gasteiger partial charge on any atom is 0.249 e. The van der Waals surface area contributed by atoms with Gasteiger partial charge in [0.15, 0.2) is 0 Å². The highest BCUT2D eigenvalue weighted by Crippen LogP contribution is 2.32. The Balaban J connectivity index is 1.55. The summed E-state index contributed by atoms with van der Waals surface area (Å²) in [6.07, 6.45) is 1.87. The molecule has 202 valence electrons. The number of ether oxygens (including phenoxy) is 1. The van der Waals surface area contributed by atoms with Gasteiger partial charge in [-0.25, -0.2) is 4.68 Å². The summed E-state index contributed by atoms with van der Waals surface area (Å²) in [6.45, 7) is 2.97. The number of benzene rings is 3. The van der Waals surface area contributed by atoms with Crippen molar-refractivity contribution in [2.45, 2.75) is 38.5 Å². The number of nitrogens with zero attached hydrogens (tertiary/aromatic N) is 5. The number of rotatable bonds is 9. The van der Waals surface area contributed by atoms with Gasteiger partial charge >= 0.3 is 0 Å². The van der Waals surface area contributed by atoms with Crippen molar-refractivity contribution < 1.29 is 14.3 Å². The van der Waals surface area contributed by atoms with Crippen LogP contribution >= 0.6 is 0 Å². The zero-order valence-electron chi connectivity index (χ0n) is 22.6. The number of aryl methyl sites for hydroxylation is 1. The van der Waals surface area contributed by atoms with E-state index in [0.717, 1.165) is 29.6 Å². The normalized spacial score (nSPS) is 15.7. The highest BCUT2D eigenvalue weighted by atomic mass is 16.5. The molecule has 1 aliphatic rings. The summed E-state index contributed by atoms with van der Waals surface area (Å²) in [5.41, 5.74) is 4.73. The van der Waals surface area contributed by atoms with Crippen molar-refractivity contribution in [1.29, 1.82) is 0 Å². The van der Waals surface area contributed by atoms with Crippen LogP contribution < -0.4 is 15.1 Å². The zero-order valence-corrected chi connectivity index (χ0v) is 22.6. The van der Waals surface area contributed by atoms with Crippen molar-refractivity contribution in [3.63, 3.8) is 0 Å². The van der Waals surface area contributed by atoms with E-state index in [9.17, 15) is 9.59 Å². The van der Waals surface area contributed by atoms with E-state index in [1.807, 2.05) is 98.7 Å². The first-order chi connectivity index (χ1) is 18.9. The molecule has 2 heterocycles. The second-order valence-corrected chi connectivity index (χ2v) is 10.1. The third kappa shape index (κ3) is 5.78. The Morgan fingerprint density at radius 1 is 1.05 bits per heavy atom. The first kappa shape index (κ1) is 26.4. The number of carbonyl (C=O) groups is 2. The highest BCUT2D eigenvalue weighted by Gasteiger charge is 2.34. The van der Waals surface area contributed by atoms with Gasteiger partial charge in [-0.1, -0.05) is 47.7 Å². The van der Waals surface area contributed by atoms with Crippen molar-refractivity contribution in [2.24, 2.45) is 0 Å². The minimum atomic E-state index is -0.897. The van der Waals surface area contributed by atoms with Crippen molar-refractivity contribution in [1.82, 2.24) is 20.3 Å². The molecule has 0 saturated carbocycles. The fourth-order valence-electron chi connectivity index (χ4n) is 4.98. The molecule has 0 spiro atoms. The molecule has 2 atom stereocenters. The quantitative estimate of drug-likeness (QED) is 0.356. The number of fused-ring (bicyclic) bond motifs is 1. The van der Waals surface area contributed by atoms with Crippen molar-refractivity contribution in [3.8, 4) is 0 Å². The van der Waals surface area contributed by atoms with Crippen molar-refractivity contribution in [2.75, 3.05) is 37.0 Å². The average molecular weight is 527 g/mol. The smallest absolute Gasteiger partial charge is 0.249 e. The number of anilines is 2. The molecular weight excluding hydrogens is 492 g/mol. The van der Waals surface area contributed by atoms with Crippen LogP contribution in [0.25, 0.3) is 11.0 Å². The van der Waals surface area contributed by atoms with Crippen LogP contribution in [-0.2, 0) is 20.9 Å². The topological polar surface area (TPSA) is 92.6 Å². The van der Waals surface area contributed by atoms with Gasteiger partial charge in [0.05, 0.1) is 11.6 Å². The lowest BCUT2D eigenvalue weighted by Gasteiger charge is -2.33. The summed E-state index contributed by atoms with van der Waals surface area (Å²) in [6, 6.07) is 22.0. The van der Waals surface area contributed by atoms with Crippen LogP contribution in [-0.4, -0.2) is 60.2 Å². The molecule has 1 N–H and O–H groups in total. The Bertz CT molecular complexity index is 1440. The van der Waals surface area contributed by atoms with E-state index >= 15 is 0 Å². The summed E-state index contributed by atoms with van der Waals surface area (Å²) < 4.78 is 7.32. The molecule has 3 aromatic carbocycles. The standard InChI is InChI=1S/C30H34N6O3/c1-21-9-4-6-12-26(21)36(28(37)20-35-27-13-7-5-11-25(27)32-33-35)29(22-14-16-23(17-15-22)34(2)3)30(38)31-19-24-10-8-18-39-24/h4-7,9,11-17,24,29H,8,10,18-20H2,1-3H3,(H,31,38)/t24-,29-/m1/s1. The predicted molar refractivity (Wildman–Crippen MR) is 152 cm³/mol. The van der Waals surface area contributed by atoms with E-state index < -0.39 is 6.04 Å².